The SMILES string of the molecule is O=C1CCC(c2ccc(C3CCN(C(=O)N4CCCCC4)CC3)nc2)C(=O)N1. The quantitative estimate of drug-likeness (QED) is 0.794. The van der Waals surface area contributed by atoms with Crippen molar-refractivity contribution in [1.29, 1.82) is 0 Å². The van der Waals surface area contributed by atoms with Gasteiger partial charge in [0.2, 0.25) is 11.8 Å². The van der Waals surface area contributed by atoms with Gasteiger partial charge in [-0.1, -0.05) is 6.07 Å². The van der Waals surface area contributed by atoms with Gasteiger partial charge < -0.3 is 9.80 Å². The monoisotopic (exact) mass is 384 g/mol. The zero-order valence-corrected chi connectivity index (χ0v) is 16.2. The van der Waals surface area contributed by atoms with Gasteiger partial charge in [0.25, 0.3) is 0 Å². The summed E-state index contributed by atoms with van der Waals surface area (Å²) >= 11 is 0. The molecule has 0 bridgehead atoms. The molecule has 1 unspecified atom stereocenters. The maximum atomic E-state index is 12.6. The second-order valence-corrected chi connectivity index (χ2v) is 8.11. The fourth-order valence-electron chi connectivity index (χ4n) is 4.53. The lowest BCUT2D eigenvalue weighted by atomic mass is 9.89. The molecule has 7 nitrogen and oxygen atoms in total. The first-order chi connectivity index (χ1) is 13.6. The van der Waals surface area contributed by atoms with Crippen LogP contribution in [0.15, 0.2) is 18.3 Å². The summed E-state index contributed by atoms with van der Waals surface area (Å²) in [4.78, 5) is 44.6. The Kier molecular flexibility index (Phi) is 5.59. The fourth-order valence-corrected chi connectivity index (χ4v) is 4.53. The molecule has 0 aliphatic carbocycles. The molecule has 3 aliphatic rings. The highest BCUT2D eigenvalue weighted by Gasteiger charge is 2.30. The Balaban J connectivity index is 1.33. The maximum Gasteiger partial charge on any atom is 0.319 e. The van der Waals surface area contributed by atoms with E-state index in [1.807, 2.05) is 21.9 Å². The van der Waals surface area contributed by atoms with E-state index in [0.29, 0.717) is 18.8 Å². The minimum Gasteiger partial charge on any atom is -0.325 e. The Morgan fingerprint density at radius 2 is 1.68 bits per heavy atom. The lowest BCUT2D eigenvalue weighted by Crippen LogP contribution is -2.48. The molecule has 7 heteroatoms. The van der Waals surface area contributed by atoms with Crippen molar-refractivity contribution in [2.24, 2.45) is 0 Å². The molecule has 3 saturated heterocycles. The number of hydrogen-bond acceptors (Lipinski definition) is 4. The number of hydrogen-bond donors (Lipinski definition) is 1. The zero-order valence-electron chi connectivity index (χ0n) is 16.2. The molecule has 0 saturated carbocycles. The van der Waals surface area contributed by atoms with Crippen molar-refractivity contribution in [1.82, 2.24) is 20.1 Å². The summed E-state index contributed by atoms with van der Waals surface area (Å²) in [6.07, 6.45) is 8.00. The number of piperidine rings is 3. The van der Waals surface area contributed by atoms with E-state index in [-0.39, 0.29) is 23.8 Å². The smallest absolute Gasteiger partial charge is 0.319 e. The van der Waals surface area contributed by atoms with E-state index in [4.69, 9.17) is 0 Å². The fraction of sp³-hybridized carbons (Fsp3) is 0.619. The number of nitrogens with zero attached hydrogens (tertiary/aromatic N) is 3. The Morgan fingerprint density at radius 1 is 0.964 bits per heavy atom. The third-order valence-electron chi connectivity index (χ3n) is 6.26. The van der Waals surface area contributed by atoms with Gasteiger partial charge in [0.1, 0.15) is 0 Å². The molecule has 3 aliphatic heterocycles. The highest BCUT2D eigenvalue weighted by molar-refractivity contribution is 6.00. The van der Waals surface area contributed by atoms with Gasteiger partial charge in [0, 0.05) is 50.4 Å². The predicted octanol–water partition coefficient (Wildman–Crippen LogP) is 2.39. The van der Waals surface area contributed by atoms with Crippen LogP contribution >= 0.6 is 0 Å². The summed E-state index contributed by atoms with van der Waals surface area (Å²) in [7, 11) is 0. The van der Waals surface area contributed by atoms with Crippen molar-refractivity contribution in [2.45, 2.75) is 56.8 Å². The summed E-state index contributed by atoms with van der Waals surface area (Å²) in [5.41, 5.74) is 1.90. The number of nitrogens with one attached hydrogen (secondary N) is 1. The van der Waals surface area contributed by atoms with Crippen LogP contribution < -0.4 is 5.32 Å². The lowest BCUT2D eigenvalue weighted by Gasteiger charge is -2.37. The normalized spacial score (nSPS) is 24.2. The Hall–Kier alpha value is -2.44. The van der Waals surface area contributed by atoms with Crippen LogP contribution in [0, 0.1) is 0 Å². The molecule has 4 heterocycles. The number of carbonyl (C=O) groups is 3. The molecular formula is C21H28N4O3. The van der Waals surface area contributed by atoms with Crippen molar-refractivity contribution in [3.05, 3.63) is 29.6 Å². The Morgan fingerprint density at radius 3 is 2.32 bits per heavy atom. The van der Waals surface area contributed by atoms with Crippen LogP contribution in [-0.4, -0.2) is 58.8 Å². The molecule has 0 radical (unpaired) electrons. The number of urea groups is 1. The number of rotatable bonds is 2. The van der Waals surface area contributed by atoms with E-state index in [1.54, 1.807) is 6.20 Å². The van der Waals surface area contributed by atoms with Crippen molar-refractivity contribution in [3.63, 3.8) is 0 Å². The molecule has 3 fully saturated rings. The number of likely N-dealkylation sites (tertiary alicyclic amines) is 2. The van der Waals surface area contributed by atoms with Gasteiger partial charge >= 0.3 is 6.03 Å². The highest BCUT2D eigenvalue weighted by atomic mass is 16.2. The highest BCUT2D eigenvalue weighted by Crippen LogP contribution is 2.30. The molecule has 1 N–H and O–H groups in total. The summed E-state index contributed by atoms with van der Waals surface area (Å²) in [6, 6.07) is 4.17. The van der Waals surface area contributed by atoms with Gasteiger partial charge in [-0.3, -0.25) is 19.9 Å². The number of amides is 4. The standard InChI is InChI=1S/C21H28N4O3/c26-19-7-5-17(20(27)23-19)16-4-6-18(22-14-16)15-8-12-25(13-9-15)21(28)24-10-2-1-3-11-24/h4,6,14-15,17H,1-3,5,7-13H2,(H,23,26,27). The van der Waals surface area contributed by atoms with Crippen LogP contribution in [-0.2, 0) is 9.59 Å². The van der Waals surface area contributed by atoms with Gasteiger partial charge in [-0.25, -0.2) is 4.79 Å². The van der Waals surface area contributed by atoms with Crippen molar-refractivity contribution in [3.8, 4) is 0 Å². The van der Waals surface area contributed by atoms with Gasteiger partial charge in [-0.15, -0.1) is 0 Å². The summed E-state index contributed by atoms with van der Waals surface area (Å²) in [5, 5.41) is 2.40. The number of aromatic nitrogens is 1. The van der Waals surface area contributed by atoms with Crippen molar-refractivity contribution >= 4 is 17.8 Å². The van der Waals surface area contributed by atoms with Crippen LogP contribution in [0.5, 0.6) is 0 Å². The first-order valence-corrected chi connectivity index (χ1v) is 10.4. The molecule has 1 aromatic heterocycles. The Bertz CT molecular complexity index is 735. The Labute approximate surface area is 165 Å². The largest absolute Gasteiger partial charge is 0.325 e. The van der Waals surface area contributed by atoms with E-state index < -0.39 is 0 Å². The molecule has 0 spiro atoms. The molecule has 4 amide bonds. The zero-order chi connectivity index (χ0) is 19.5. The summed E-state index contributed by atoms with van der Waals surface area (Å²) < 4.78 is 0. The van der Waals surface area contributed by atoms with Gasteiger partial charge in [-0.05, 0) is 50.2 Å². The van der Waals surface area contributed by atoms with Crippen LogP contribution in [0.3, 0.4) is 0 Å². The predicted molar refractivity (Wildman–Crippen MR) is 104 cm³/mol. The summed E-state index contributed by atoms with van der Waals surface area (Å²) in [5.74, 6) is -0.364. The lowest BCUT2D eigenvalue weighted by molar-refractivity contribution is -0.134. The second-order valence-electron chi connectivity index (χ2n) is 8.11. The molecule has 150 valence electrons. The first-order valence-electron chi connectivity index (χ1n) is 10.4. The molecule has 28 heavy (non-hydrogen) atoms. The second kappa shape index (κ2) is 8.29. The number of imide groups is 1. The van der Waals surface area contributed by atoms with Crippen LogP contribution in [0.25, 0.3) is 0 Å². The number of pyridine rings is 1. The van der Waals surface area contributed by atoms with Crippen LogP contribution in [0.4, 0.5) is 4.79 Å². The van der Waals surface area contributed by atoms with Gasteiger partial charge in [-0.2, -0.15) is 0 Å². The molecule has 1 atom stereocenters. The van der Waals surface area contributed by atoms with E-state index >= 15 is 0 Å². The first kappa shape index (κ1) is 18.9. The van der Waals surface area contributed by atoms with E-state index in [0.717, 1.165) is 63.1 Å². The molecule has 1 aromatic rings. The molecule has 0 aromatic carbocycles. The minimum atomic E-state index is -0.289. The molecular weight excluding hydrogens is 356 g/mol. The van der Waals surface area contributed by atoms with Crippen molar-refractivity contribution < 1.29 is 14.4 Å². The van der Waals surface area contributed by atoms with Crippen LogP contribution in [0.2, 0.25) is 0 Å². The minimum absolute atomic E-state index is 0.194. The van der Waals surface area contributed by atoms with Gasteiger partial charge in [0.05, 0.1) is 5.92 Å². The third kappa shape index (κ3) is 4.03. The maximum absolute atomic E-state index is 12.6. The van der Waals surface area contributed by atoms with Gasteiger partial charge in [0.15, 0.2) is 0 Å². The third-order valence-corrected chi connectivity index (χ3v) is 6.26. The van der Waals surface area contributed by atoms with E-state index in [2.05, 4.69) is 10.3 Å². The van der Waals surface area contributed by atoms with E-state index in [1.165, 1.54) is 6.42 Å². The summed E-state index contributed by atoms with van der Waals surface area (Å²) in [6.45, 7) is 3.33. The number of carbonyl (C=O) groups excluding carboxylic acids is 3. The topological polar surface area (TPSA) is 82.6 Å². The average Bonchev–Trinajstić information content (AvgIpc) is 2.74. The molecule has 4 rings (SSSR count). The van der Waals surface area contributed by atoms with Crippen LogP contribution in [0.1, 0.15) is 68.0 Å². The van der Waals surface area contributed by atoms with E-state index in [9.17, 15) is 14.4 Å². The average molecular weight is 384 g/mol. The van der Waals surface area contributed by atoms with Crippen molar-refractivity contribution in [2.75, 3.05) is 26.2 Å².